The lowest BCUT2D eigenvalue weighted by Gasteiger charge is -2.24. The molecule has 45 heavy (non-hydrogen) atoms. The average molecular weight is 676 g/mol. The lowest BCUT2D eigenvalue weighted by molar-refractivity contribution is -0.0583. The number of imidazole rings is 2. The Hall–Kier alpha value is -3.28. The van der Waals surface area contributed by atoms with Gasteiger partial charge in [0, 0.05) is 0 Å². The smallest absolute Gasteiger partial charge is 0.394 e. The van der Waals surface area contributed by atoms with Crippen LogP contribution in [0.15, 0.2) is 25.3 Å². The largest absolute Gasteiger partial charge is 0.472 e. The minimum atomic E-state index is -5.24. The Bertz CT molecular complexity index is 1800. The van der Waals surface area contributed by atoms with Crippen LogP contribution in [0.2, 0.25) is 0 Å². The quantitative estimate of drug-likeness (QED) is 0.0793. The predicted octanol–water partition coefficient (Wildman–Crippen LogP) is -2.68. The van der Waals surface area contributed by atoms with E-state index < -0.39 is 77.9 Å². The van der Waals surface area contributed by atoms with Crippen molar-refractivity contribution in [2.24, 2.45) is 0 Å². The maximum Gasteiger partial charge on any atom is 0.472 e. The molecule has 0 bridgehead atoms. The molecule has 9 unspecified atom stereocenters. The summed E-state index contributed by atoms with van der Waals surface area (Å²) in [7, 11) is -10.4. The van der Waals surface area contributed by atoms with Crippen molar-refractivity contribution in [3.63, 3.8) is 0 Å². The molecule has 6 heterocycles. The third-order valence-corrected chi connectivity index (χ3v) is 8.54. The Balaban J connectivity index is 1.19. The van der Waals surface area contributed by atoms with Crippen molar-refractivity contribution in [2.45, 2.75) is 49.1 Å². The molecule has 0 spiro atoms. The third kappa shape index (κ3) is 6.02. The second kappa shape index (κ2) is 11.8. The molecule has 0 amide bonds. The van der Waals surface area contributed by atoms with Crippen LogP contribution in [0.1, 0.15) is 12.5 Å². The number of aliphatic hydroxyl groups is 3. The van der Waals surface area contributed by atoms with Gasteiger partial charge >= 0.3 is 15.6 Å². The monoisotopic (exact) mass is 676 g/mol. The molecule has 25 heteroatoms. The molecule has 0 aromatic carbocycles. The molecule has 0 radical (unpaired) electrons. The molecule has 9 atom stereocenters. The molecule has 4 aromatic rings. The van der Waals surface area contributed by atoms with Gasteiger partial charge in [-0.2, -0.15) is 0 Å². The van der Waals surface area contributed by atoms with Gasteiger partial charge in [-0.25, -0.2) is 39.0 Å². The summed E-state index contributed by atoms with van der Waals surface area (Å²) in [4.78, 5) is 53.3. The summed E-state index contributed by atoms with van der Waals surface area (Å²) in [6, 6.07) is 0. The first kappa shape index (κ1) is 31.7. The summed E-state index contributed by atoms with van der Waals surface area (Å²) in [5.41, 5.74) is 12.2. The van der Waals surface area contributed by atoms with Gasteiger partial charge in [0.05, 0.1) is 25.9 Å². The number of aromatic nitrogens is 8. The number of rotatable bonds is 10. The van der Waals surface area contributed by atoms with E-state index in [0.717, 1.165) is 12.7 Å². The van der Waals surface area contributed by atoms with Crippen molar-refractivity contribution in [3.8, 4) is 0 Å². The molecule has 2 aliphatic rings. The number of hydrogen-bond acceptors (Lipinski definition) is 18. The van der Waals surface area contributed by atoms with Crippen LogP contribution in [0.25, 0.3) is 22.3 Å². The molecule has 10 N–H and O–H groups in total. The highest BCUT2D eigenvalue weighted by Crippen LogP contribution is 2.50. The van der Waals surface area contributed by atoms with Crippen molar-refractivity contribution in [2.75, 3.05) is 24.7 Å². The van der Waals surface area contributed by atoms with E-state index in [0.29, 0.717) is 0 Å². The van der Waals surface area contributed by atoms with Crippen LogP contribution >= 0.6 is 15.6 Å². The van der Waals surface area contributed by atoms with Gasteiger partial charge in [0.25, 0.3) is 0 Å². The van der Waals surface area contributed by atoms with E-state index in [1.807, 2.05) is 0 Å². The van der Waals surface area contributed by atoms with E-state index in [4.69, 9.17) is 34.5 Å². The molecular weight excluding hydrogens is 650 g/mol. The van der Waals surface area contributed by atoms with E-state index in [2.05, 4.69) is 29.9 Å². The van der Waals surface area contributed by atoms with Gasteiger partial charge in [-0.05, 0) is 0 Å². The highest BCUT2D eigenvalue weighted by Gasteiger charge is 2.52. The summed E-state index contributed by atoms with van der Waals surface area (Å²) < 4.78 is 53.5. The van der Waals surface area contributed by atoms with Crippen LogP contribution in [-0.4, -0.2) is 119 Å². The number of phosphoric ester groups is 2. The van der Waals surface area contributed by atoms with E-state index in [1.54, 1.807) is 0 Å². The zero-order chi connectivity index (χ0) is 32.3. The Labute approximate surface area is 250 Å². The van der Waals surface area contributed by atoms with E-state index in [9.17, 15) is 39.1 Å². The topological polar surface area (TPSA) is 341 Å². The van der Waals surface area contributed by atoms with Gasteiger partial charge in [-0.15, -0.1) is 0 Å². The molecule has 2 fully saturated rings. The van der Waals surface area contributed by atoms with Crippen LogP contribution in [0.3, 0.4) is 0 Å². The van der Waals surface area contributed by atoms with Gasteiger partial charge in [0.2, 0.25) is 0 Å². The van der Waals surface area contributed by atoms with Crippen LogP contribution in [0.4, 0.5) is 11.6 Å². The highest BCUT2D eigenvalue weighted by molar-refractivity contribution is 7.47. The van der Waals surface area contributed by atoms with Crippen molar-refractivity contribution in [1.29, 1.82) is 0 Å². The number of hydrogen-bond donors (Lipinski definition) is 8. The lowest BCUT2D eigenvalue weighted by Crippen LogP contribution is -2.37. The number of nitrogens with two attached hydrogens (primary N) is 2. The molecule has 0 aliphatic carbocycles. The first-order valence-corrected chi connectivity index (χ1v) is 15.8. The van der Waals surface area contributed by atoms with Crippen molar-refractivity contribution >= 4 is 49.6 Å². The second-order valence-electron chi connectivity index (χ2n) is 9.85. The maximum atomic E-state index is 13.0. The Morgan fingerprint density at radius 1 is 0.778 bits per heavy atom. The summed E-state index contributed by atoms with van der Waals surface area (Å²) >= 11 is 0. The van der Waals surface area contributed by atoms with E-state index >= 15 is 0 Å². The van der Waals surface area contributed by atoms with Crippen LogP contribution < -0.4 is 11.5 Å². The van der Waals surface area contributed by atoms with Crippen molar-refractivity contribution in [1.82, 2.24) is 39.0 Å². The Morgan fingerprint density at radius 3 is 1.76 bits per heavy atom. The fraction of sp³-hybridized carbons (Fsp3) is 0.500. The normalized spacial score (nSPS) is 30.4. The molecule has 6 rings (SSSR count). The number of anilines is 2. The van der Waals surface area contributed by atoms with Gasteiger partial charge < -0.3 is 50.9 Å². The minimum absolute atomic E-state index is 0.00707. The van der Waals surface area contributed by atoms with Gasteiger partial charge in [-0.1, -0.05) is 0 Å². The molecule has 2 aliphatic heterocycles. The zero-order valence-corrected chi connectivity index (χ0v) is 24.3. The lowest BCUT2D eigenvalue weighted by atomic mass is 10.1. The van der Waals surface area contributed by atoms with Gasteiger partial charge in [0.1, 0.15) is 60.3 Å². The average Bonchev–Trinajstić information content (AvgIpc) is 3.73. The first-order valence-electron chi connectivity index (χ1n) is 12.8. The van der Waals surface area contributed by atoms with Crippen LogP contribution in [0.5, 0.6) is 0 Å². The van der Waals surface area contributed by atoms with Gasteiger partial charge in [-0.3, -0.25) is 22.7 Å². The number of nitrogens with zero attached hydrogens (tertiary/aromatic N) is 8. The zero-order valence-electron chi connectivity index (χ0n) is 22.5. The maximum absolute atomic E-state index is 13.0. The molecule has 244 valence electrons. The third-order valence-electron chi connectivity index (χ3n) is 7.04. The second-order valence-corrected chi connectivity index (χ2v) is 12.5. The van der Waals surface area contributed by atoms with Crippen LogP contribution in [0, 0.1) is 0 Å². The molecular formula is C20H26N10O13P2. The van der Waals surface area contributed by atoms with Crippen LogP contribution in [-0.2, 0) is 32.2 Å². The summed E-state index contributed by atoms with van der Waals surface area (Å²) in [6.45, 7) is -1.68. The first-order chi connectivity index (χ1) is 21.3. The standard InChI is InChI=1S/C20H26N10O13P2/c21-15-9-17(25-3-23-15)29(5-27-9)19-11(32)13(7(1-31)40-19)43-45(37,38)39-2-8-14(42-44(34,35)36)12(33)20(41-8)30-6-28-10-16(22)24-4-26-18(10)30/h3-8,11-14,19-20,31-33H,1-2H2,(H,37,38)(H2,21,23,25)(H2,22,24,26)(H2,34,35,36). The summed E-state index contributed by atoms with van der Waals surface area (Å²) in [5, 5.41) is 31.7. The molecule has 23 nitrogen and oxygen atoms in total. The van der Waals surface area contributed by atoms with Crippen molar-refractivity contribution < 1.29 is 62.2 Å². The Morgan fingerprint density at radius 2 is 1.27 bits per heavy atom. The van der Waals surface area contributed by atoms with E-state index in [-0.39, 0.29) is 34.0 Å². The number of aliphatic hydroxyl groups excluding tert-OH is 3. The highest BCUT2D eigenvalue weighted by atomic mass is 31.2. The summed E-state index contributed by atoms with van der Waals surface area (Å²) in [5.74, 6) is 0.0554. The minimum Gasteiger partial charge on any atom is -0.394 e. The van der Waals surface area contributed by atoms with Crippen molar-refractivity contribution in [3.05, 3.63) is 25.3 Å². The molecule has 0 saturated carbocycles. The Kier molecular flexibility index (Phi) is 8.33. The predicted molar refractivity (Wildman–Crippen MR) is 144 cm³/mol. The summed E-state index contributed by atoms with van der Waals surface area (Å²) in [6.07, 6.45) is -7.87. The van der Waals surface area contributed by atoms with E-state index in [1.165, 1.54) is 21.8 Å². The molecule has 2 saturated heterocycles. The SMILES string of the molecule is Nc1ncnc2c1ncn2C1OC(COP(=O)(O)OC2C(CO)OC(n3cnc4c(N)ncnc43)C2O)C(OP(=O)(O)O)C1O. The van der Waals surface area contributed by atoms with Gasteiger partial charge in [0.15, 0.2) is 35.4 Å². The molecule has 4 aromatic heterocycles. The fourth-order valence-electron chi connectivity index (χ4n) is 5.06. The number of fused-ring (bicyclic) bond motifs is 2. The fourth-order valence-corrected chi connectivity index (χ4v) is 6.60. The number of phosphoric acid groups is 2. The number of ether oxygens (including phenoxy) is 2. The number of nitrogen functional groups attached to an aromatic ring is 2.